The van der Waals surface area contributed by atoms with Crippen molar-refractivity contribution in [2.45, 2.75) is 84.1 Å². The van der Waals surface area contributed by atoms with Gasteiger partial charge in [-0.05, 0) is 39.2 Å². The minimum Gasteiger partial charge on any atom is -0.311 e. The van der Waals surface area contributed by atoms with Gasteiger partial charge in [0.05, 0.1) is 0 Å². The minimum absolute atomic E-state index is 0.179. The van der Waals surface area contributed by atoms with Gasteiger partial charge in [0.2, 0.25) is 0 Å². The molecule has 0 saturated carbocycles. The van der Waals surface area contributed by atoms with Gasteiger partial charge in [-0.2, -0.15) is 0 Å². The first-order valence-electron chi connectivity index (χ1n) is 8.74. The number of nitrogens with one attached hydrogen (secondary N) is 1. The highest BCUT2D eigenvalue weighted by molar-refractivity contribution is 5.26. The highest BCUT2D eigenvalue weighted by Gasteiger charge is 2.30. The van der Waals surface area contributed by atoms with Crippen molar-refractivity contribution >= 4 is 0 Å². The molecule has 1 N–H and O–H groups in total. The molecular formula is C20H35N. The fourth-order valence-electron chi connectivity index (χ4n) is 2.96. The normalized spacial score (nSPS) is 14.9. The molecule has 0 aliphatic carbocycles. The number of rotatable bonds is 9. The lowest BCUT2D eigenvalue weighted by molar-refractivity contribution is 0.296. The van der Waals surface area contributed by atoms with E-state index in [0.717, 1.165) is 6.54 Å². The van der Waals surface area contributed by atoms with Gasteiger partial charge in [-0.25, -0.2) is 0 Å². The Labute approximate surface area is 132 Å². The van der Waals surface area contributed by atoms with Crippen LogP contribution in [0.1, 0.15) is 78.7 Å². The zero-order chi connectivity index (χ0) is 15.8. The Balaban J connectivity index is 2.85. The van der Waals surface area contributed by atoms with E-state index in [0.29, 0.717) is 0 Å². The molecule has 1 unspecified atom stereocenters. The average molecular weight is 290 g/mol. The number of hydrogen-bond acceptors (Lipinski definition) is 1. The Morgan fingerprint density at radius 1 is 0.905 bits per heavy atom. The van der Waals surface area contributed by atoms with Crippen molar-refractivity contribution in [2.75, 3.05) is 6.54 Å². The quantitative estimate of drug-likeness (QED) is 0.576. The van der Waals surface area contributed by atoms with Crippen LogP contribution in [0.25, 0.3) is 0 Å². The number of benzene rings is 1. The molecule has 0 aliphatic heterocycles. The van der Waals surface area contributed by atoms with Crippen molar-refractivity contribution < 1.29 is 0 Å². The highest BCUT2D eigenvalue weighted by Crippen LogP contribution is 2.33. The van der Waals surface area contributed by atoms with Gasteiger partial charge in [0.25, 0.3) is 0 Å². The van der Waals surface area contributed by atoms with Crippen LogP contribution in [0.4, 0.5) is 0 Å². The van der Waals surface area contributed by atoms with Crippen molar-refractivity contribution in [1.29, 1.82) is 0 Å². The van der Waals surface area contributed by atoms with Gasteiger partial charge in [0, 0.05) is 17.5 Å². The number of hydrogen-bond donors (Lipinski definition) is 1. The Morgan fingerprint density at radius 3 is 2.10 bits per heavy atom. The molecule has 1 aromatic carbocycles. The van der Waals surface area contributed by atoms with E-state index < -0.39 is 0 Å². The first-order chi connectivity index (χ1) is 9.93. The lowest BCUT2D eigenvalue weighted by Gasteiger charge is -2.37. The van der Waals surface area contributed by atoms with Gasteiger partial charge in [-0.1, -0.05) is 69.9 Å². The van der Waals surface area contributed by atoms with Crippen molar-refractivity contribution in [3.63, 3.8) is 0 Å². The van der Waals surface area contributed by atoms with E-state index in [1.807, 2.05) is 0 Å². The molecule has 0 spiro atoms. The molecular weight excluding hydrogens is 254 g/mol. The summed E-state index contributed by atoms with van der Waals surface area (Å²) in [7, 11) is 0. The molecule has 0 radical (unpaired) electrons. The SMILES string of the molecule is CCCCCCC(CC)(CNC(C)(C)C)c1ccccc1. The Morgan fingerprint density at radius 2 is 1.57 bits per heavy atom. The van der Waals surface area contributed by atoms with Crippen LogP contribution >= 0.6 is 0 Å². The van der Waals surface area contributed by atoms with Crippen LogP contribution in [-0.4, -0.2) is 12.1 Å². The Kier molecular flexibility index (Phi) is 7.45. The van der Waals surface area contributed by atoms with E-state index in [9.17, 15) is 0 Å². The van der Waals surface area contributed by atoms with Gasteiger partial charge in [0.15, 0.2) is 0 Å². The summed E-state index contributed by atoms with van der Waals surface area (Å²) >= 11 is 0. The maximum absolute atomic E-state index is 3.75. The smallest absolute Gasteiger partial charge is 0.00968 e. The lowest BCUT2D eigenvalue weighted by atomic mass is 9.73. The molecule has 1 atom stereocenters. The van der Waals surface area contributed by atoms with Crippen LogP contribution in [0.2, 0.25) is 0 Å². The lowest BCUT2D eigenvalue weighted by Crippen LogP contribution is -2.46. The van der Waals surface area contributed by atoms with E-state index in [4.69, 9.17) is 0 Å². The van der Waals surface area contributed by atoms with Gasteiger partial charge < -0.3 is 5.32 Å². The summed E-state index contributed by atoms with van der Waals surface area (Å²) in [6.45, 7) is 12.5. The van der Waals surface area contributed by atoms with Crippen molar-refractivity contribution in [2.24, 2.45) is 0 Å². The van der Waals surface area contributed by atoms with Crippen molar-refractivity contribution in [3.05, 3.63) is 35.9 Å². The third-order valence-corrected chi connectivity index (χ3v) is 4.53. The summed E-state index contributed by atoms with van der Waals surface area (Å²) in [5, 5.41) is 3.75. The summed E-state index contributed by atoms with van der Waals surface area (Å²) in [5.41, 5.74) is 1.96. The standard InChI is InChI=1S/C20H35N/c1-6-8-9-13-16-20(7-2,17-21-19(3,4)5)18-14-11-10-12-15-18/h10-12,14-15,21H,6-9,13,16-17H2,1-5H3. The van der Waals surface area contributed by atoms with E-state index in [2.05, 4.69) is 70.3 Å². The monoisotopic (exact) mass is 289 g/mol. The summed E-state index contributed by atoms with van der Waals surface area (Å²) in [6.07, 6.45) is 7.86. The minimum atomic E-state index is 0.179. The first-order valence-corrected chi connectivity index (χ1v) is 8.74. The van der Waals surface area contributed by atoms with Crippen LogP contribution in [-0.2, 0) is 5.41 Å². The van der Waals surface area contributed by atoms with Gasteiger partial charge in [0.1, 0.15) is 0 Å². The van der Waals surface area contributed by atoms with Crippen LogP contribution in [0.5, 0.6) is 0 Å². The van der Waals surface area contributed by atoms with Crippen LogP contribution in [0.15, 0.2) is 30.3 Å². The molecule has 0 amide bonds. The molecule has 0 fully saturated rings. The first kappa shape index (κ1) is 18.2. The van der Waals surface area contributed by atoms with Crippen LogP contribution in [0.3, 0.4) is 0 Å². The molecule has 1 heteroatoms. The summed E-state index contributed by atoms with van der Waals surface area (Å²) in [4.78, 5) is 0. The predicted octanol–water partition coefficient (Wildman–Crippen LogP) is 5.69. The van der Waals surface area contributed by atoms with Crippen LogP contribution < -0.4 is 5.32 Å². The largest absolute Gasteiger partial charge is 0.311 e. The number of unbranched alkanes of at least 4 members (excludes halogenated alkanes) is 3. The van der Waals surface area contributed by atoms with Crippen molar-refractivity contribution in [3.8, 4) is 0 Å². The molecule has 1 nitrogen and oxygen atoms in total. The molecule has 0 aromatic heterocycles. The van der Waals surface area contributed by atoms with Crippen molar-refractivity contribution in [1.82, 2.24) is 5.32 Å². The topological polar surface area (TPSA) is 12.0 Å². The van der Waals surface area contributed by atoms with Gasteiger partial charge >= 0.3 is 0 Å². The second-order valence-electron chi connectivity index (χ2n) is 7.41. The van der Waals surface area contributed by atoms with E-state index in [1.54, 1.807) is 0 Å². The molecule has 21 heavy (non-hydrogen) atoms. The summed E-state index contributed by atoms with van der Waals surface area (Å²) < 4.78 is 0. The molecule has 120 valence electrons. The third kappa shape index (κ3) is 6.22. The average Bonchev–Trinajstić information content (AvgIpc) is 2.47. The van der Waals surface area contributed by atoms with Crippen LogP contribution in [0, 0.1) is 0 Å². The second kappa shape index (κ2) is 8.58. The fourth-order valence-corrected chi connectivity index (χ4v) is 2.96. The maximum atomic E-state index is 3.75. The fraction of sp³-hybridized carbons (Fsp3) is 0.700. The highest BCUT2D eigenvalue weighted by atomic mass is 15.0. The summed E-state index contributed by atoms with van der Waals surface area (Å²) in [6, 6.07) is 11.1. The maximum Gasteiger partial charge on any atom is 0.00968 e. The third-order valence-electron chi connectivity index (χ3n) is 4.53. The molecule has 0 saturated heterocycles. The summed E-state index contributed by atoms with van der Waals surface area (Å²) in [5.74, 6) is 0. The van der Waals surface area contributed by atoms with E-state index >= 15 is 0 Å². The van der Waals surface area contributed by atoms with Gasteiger partial charge in [-0.3, -0.25) is 0 Å². The van der Waals surface area contributed by atoms with E-state index in [-0.39, 0.29) is 11.0 Å². The zero-order valence-corrected chi connectivity index (χ0v) is 14.8. The Bertz CT molecular complexity index is 377. The Hall–Kier alpha value is -0.820. The molecule has 1 aromatic rings. The predicted molar refractivity (Wildman–Crippen MR) is 94.9 cm³/mol. The molecule has 0 aliphatic rings. The molecule has 0 heterocycles. The zero-order valence-electron chi connectivity index (χ0n) is 14.8. The van der Waals surface area contributed by atoms with E-state index in [1.165, 1.54) is 44.1 Å². The molecule has 1 rings (SSSR count). The molecule has 0 bridgehead atoms. The van der Waals surface area contributed by atoms with Gasteiger partial charge in [-0.15, -0.1) is 0 Å². The second-order valence-corrected chi connectivity index (χ2v) is 7.41.